The molecule has 2 aromatic rings. The first-order valence-corrected chi connectivity index (χ1v) is 11.2. The van der Waals surface area contributed by atoms with Crippen LogP contribution in [-0.4, -0.2) is 34.6 Å². The van der Waals surface area contributed by atoms with E-state index in [1.807, 2.05) is 12.1 Å². The van der Waals surface area contributed by atoms with Gasteiger partial charge >= 0.3 is 5.97 Å². The number of benzene rings is 2. The van der Waals surface area contributed by atoms with Gasteiger partial charge in [-0.2, -0.15) is 0 Å². The summed E-state index contributed by atoms with van der Waals surface area (Å²) >= 11 is 0. The third-order valence-corrected chi connectivity index (χ3v) is 6.38. The Morgan fingerprint density at radius 2 is 1.61 bits per heavy atom. The number of hydrogen-bond donors (Lipinski definition) is 2. The number of carboxylic acid groups (broad SMARTS) is 1. The smallest absolute Gasteiger partial charge is 0.335 e. The van der Waals surface area contributed by atoms with Crippen LogP contribution in [0.5, 0.6) is 0 Å². The molecule has 1 aliphatic carbocycles. The Bertz CT molecular complexity index is 1060. The van der Waals surface area contributed by atoms with E-state index in [0.717, 1.165) is 19.1 Å². The minimum atomic E-state index is -1.09. The number of nitrogens with zero attached hydrogens (tertiary/aromatic N) is 2. The van der Waals surface area contributed by atoms with E-state index in [2.05, 4.69) is 38.9 Å². The van der Waals surface area contributed by atoms with Gasteiger partial charge in [-0.15, -0.1) is 0 Å². The van der Waals surface area contributed by atoms with Gasteiger partial charge < -0.3 is 15.1 Å². The molecule has 0 heterocycles. The van der Waals surface area contributed by atoms with E-state index in [1.54, 1.807) is 19.1 Å². The molecule has 1 aliphatic rings. The number of rotatable bonds is 7. The Hall–Kier alpha value is -3.19. The molecule has 0 spiro atoms. The molecular weight excluding hydrogens is 420 g/mol. The van der Waals surface area contributed by atoms with Crippen molar-refractivity contribution in [1.29, 1.82) is 0 Å². The van der Waals surface area contributed by atoms with Crippen LogP contribution in [0.4, 0.5) is 11.4 Å². The Labute approximate surface area is 194 Å². The number of aliphatic hydroxyl groups excluding tert-OH is 1. The maximum Gasteiger partial charge on any atom is 0.335 e. The Balaban J connectivity index is 2.07. The average molecular weight is 453 g/mol. The quantitative estimate of drug-likeness (QED) is 0.345. The summed E-state index contributed by atoms with van der Waals surface area (Å²) in [5.74, 6) is -1.52. The fourth-order valence-electron chi connectivity index (χ4n) is 4.15. The highest BCUT2D eigenvalue weighted by atomic mass is 16.7. The number of amides is 1. The number of hydrogen-bond acceptors (Lipinski definition) is 5. The van der Waals surface area contributed by atoms with E-state index in [0.29, 0.717) is 17.8 Å². The summed E-state index contributed by atoms with van der Waals surface area (Å²) in [7, 11) is 0. The van der Waals surface area contributed by atoms with Crippen molar-refractivity contribution >= 4 is 29.5 Å². The van der Waals surface area contributed by atoms with Crippen molar-refractivity contribution in [3.63, 3.8) is 0 Å². The second-order valence-corrected chi connectivity index (χ2v) is 9.73. The molecule has 0 radical (unpaired) electrons. The first-order chi connectivity index (χ1) is 15.5. The molecule has 3 rings (SSSR count). The Morgan fingerprint density at radius 3 is 2.18 bits per heavy atom. The van der Waals surface area contributed by atoms with Gasteiger partial charge in [0.2, 0.25) is 6.29 Å². The van der Waals surface area contributed by atoms with E-state index in [9.17, 15) is 19.8 Å². The summed E-state index contributed by atoms with van der Waals surface area (Å²) in [5.41, 5.74) is 3.71. The highest BCUT2D eigenvalue weighted by molar-refractivity contribution is 6.34. The molecule has 7 heteroatoms. The molecule has 0 aromatic heterocycles. The van der Waals surface area contributed by atoms with Crippen molar-refractivity contribution in [2.75, 3.05) is 4.90 Å². The lowest BCUT2D eigenvalue weighted by molar-refractivity contribution is -0.113. The molecule has 0 bridgehead atoms. The van der Waals surface area contributed by atoms with Gasteiger partial charge in [0.15, 0.2) is 0 Å². The van der Waals surface area contributed by atoms with Crippen molar-refractivity contribution < 1.29 is 24.6 Å². The van der Waals surface area contributed by atoms with Gasteiger partial charge in [0.1, 0.15) is 6.21 Å². The van der Waals surface area contributed by atoms with Gasteiger partial charge in [-0.1, -0.05) is 45.8 Å². The zero-order valence-corrected chi connectivity index (χ0v) is 19.8. The van der Waals surface area contributed by atoms with Crippen LogP contribution in [0.15, 0.2) is 47.6 Å². The van der Waals surface area contributed by atoms with Crippen molar-refractivity contribution in [2.24, 2.45) is 5.16 Å². The molecule has 1 unspecified atom stereocenters. The van der Waals surface area contributed by atoms with Crippen molar-refractivity contribution in [1.82, 2.24) is 0 Å². The second kappa shape index (κ2) is 9.35. The monoisotopic (exact) mass is 452 g/mol. The van der Waals surface area contributed by atoms with Crippen LogP contribution in [0.3, 0.4) is 0 Å². The maximum absolute atomic E-state index is 13.2. The van der Waals surface area contributed by atoms with Crippen LogP contribution in [0, 0.1) is 0 Å². The number of oxime groups is 1. The molecule has 7 nitrogen and oxygen atoms in total. The summed E-state index contributed by atoms with van der Waals surface area (Å²) in [5, 5.41) is 22.4. The van der Waals surface area contributed by atoms with Crippen LogP contribution in [0.1, 0.15) is 75.4 Å². The van der Waals surface area contributed by atoms with Gasteiger partial charge in [0.05, 0.1) is 5.56 Å². The maximum atomic E-state index is 13.2. The van der Waals surface area contributed by atoms with Gasteiger partial charge in [0.25, 0.3) is 5.91 Å². The lowest BCUT2D eigenvalue weighted by Crippen LogP contribution is -2.34. The number of carbonyl (C=O) groups excluding carboxylic acids is 1. The van der Waals surface area contributed by atoms with Gasteiger partial charge in [-0.3, -0.25) is 9.69 Å². The Kier molecular flexibility index (Phi) is 6.93. The molecule has 2 N–H and O–H groups in total. The number of fused-ring (bicyclic) bond motifs is 1. The lowest BCUT2D eigenvalue weighted by atomic mass is 9.63. The van der Waals surface area contributed by atoms with Gasteiger partial charge in [0, 0.05) is 17.8 Å². The average Bonchev–Trinajstić information content (AvgIpc) is 2.77. The second-order valence-electron chi connectivity index (χ2n) is 9.73. The van der Waals surface area contributed by atoms with E-state index in [-0.39, 0.29) is 16.4 Å². The number of carbonyl (C=O) groups is 2. The first kappa shape index (κ1) is 24.5. The zero-order chi connectivity index (χ0) is 24.4. The number of aliphatic hydroxyl groups is 1. The predicted molar refractivity (Wildman–Crippen MR) is 128 cm³/mol. The third kappa shape index (κ3) is 5.25. The van der Waals surface area contributed by atoms with Crippen LogP contribution < -0.4 is 4.90 Å². The first-order valence-electron chi connectivity index (χ1n) is 11.2. The molecule has 2 aromatic carbocycles. The minimum Gasteiger partial charge on any atom is -0.478 e. The number of carboxylic acids is 1. The number of aromatic carboxylic acids is 1. The standard InChI is InChI=1S/C26H32N2O5/c1-6-23(30)33-27-16-22(29)28(18-9-7-17(8-10-18)24(31)32)19-11-12-20-21(15-19)26(4,5)14-13-25(20,2)3/h7-12,15-16,23,30H,6,13-14H2,1-5H3,(H,31,32). The van der Waals surface area contributed by atoms with E-state index in [1.165, 1.54) is 28.2 Å². The van der Waals surface area contributed by atoms with E-state index in [4.69, 9.17) is 4.84 Å². The lowest BCUT2D eigenvalue weighted by Gasteiger charge is -2.42. The van der Waals surface area contributed by atoms with Crippen molar-refractivity contribution in [2.45, 2.75) is 71.0 Å². The van der Waals surface area contributed by atoms with Crippen LogP contribution in [-0.2, 0) is 20.5 Å². The largest absolute Gasteiger partial charge is 0.478 e. The van der Waals surface area contributed by atoms with Crippen LogP contribution >= 0.6 is 0 Å². The molecule has 0 saturated carbocycles. The molecule has 1 atom stereocenters. The van der Waals surface area contributed by atoms with Crippen molar-refractivity contribution in [3.8, 4) is 0 Å². The molecule has 33 heavy (non-hydrogen) atoms. The molecular formula is C26H32N2O5. The summed E-state index contributed by atoms with van der Waals surface area (Å²) in [6.07, 6.45) is 2.36. The van der Waals surface area contributed by atoms with Crippen molar-refractivity contribution in [3.05, 3.63) is 59.2 Å². The summed E-state index contributed by atoms with van der Waals surface area (Å²) in [6.45, 7) is 10.6. The van der Waals surface area contributed by atoms with E-state index < -0.39 is 18.2 Å². The third-order valence-electron chi connectivity index (χ3n) is 6.38. The fraction of sp³-hybridized carbons (Fsp3) is 0.423. The fourth-order valence-corrected chi connectivity index (χ4v) is 4.15. The highest BCUT2D eigenvalue weighted by Crippen LogP contribution is 2.47. The Morgan fingerprint density at radius 1 is 1.03 bits per heavy atom. The summed E-state index contributed by atoms with van der Waals surface area (Å²) < 4.78 is 0. The predicted octanol–water partition coefficient (Wildman–Crippen LogP) is 5.13. The molecule has 176 valence electrons. The molecule has 1 amide bonds. The zero-order valence-electron chi connectivity index (χ0n) is 19.8. The highest BCUT2D eigenvalue weighted by Gasteiger charge is 2.37. The molecule has 0 saturated heterocycles. The van der Waals surface area contributed by atoms with E-state index >= 15 is 0 Å². The van der Waals surface area contributed by atoms with Gasteiger partial charge in [-0.25, -0.2) is 4.79 Å². The summed E-state index contributed by atoms with van der Waals surface area (Å²) in [4.78, 5) is 30.8. The minimum absolute atomic E-state index is 0.0347. The number of anilines is 2. The molecule has 0 fully saturated rings. The van der Waals surface area contributed by atoms with Crippen LogP contribution in [0.2, 0.25) is 0 Å². The van der Waals surface area contributed by atoms with Gasteiger partial charge in [-0.05, 0) is 71.2 Å². The molecule has 0 aliphatic heterocycles. The SMILES string of the molecule is CCC(O)ON=CC(=O)N(c1ccc(C(=O)O)cc1)c1ccc2c(c1)C(C)(C)CCC2(C)C. The summed E-state index contributed by atoms with van der Waals surface area (Å²) in [6, 6.07) is 12.1. The normalized spacial score (nSPS) is 17.3. The topological polar surface area (TPSA) is 99.4 Å². The van der Waals surface area contributed by atoms with Crippen LogP contribution in [0.25, 0.3) is 0 Å².